The number of ether oxygens (including phenoxy) is 1. The Morgan fingerprint density at radius 2 is 1.84 bits per heavy atom. The first kappa shape index (κ1) is 18.4. The number of anilines is 1. The Kier molecular flexibility index (Phi) is 4.77. The van der Waals surface area contributed by atoms with E-state index in [1.165, 1.54) is 6.07 Å². The summed E-state index contributed by atoms with van der Waals surface area (Å²) in [6, 6.07) is 5.20. The van der Waals surface area contributed by atoms with E-state index in [-0.39, 0.29) is 27.0 Å². The summed E-state index contributed by atoms with van der Waals surface area (Å²) in [4.78, 5) is 14.0. The number of nitrogens with two attached hydrogens (primary N) is 1. The molecular formula is C15H8BrF3N4O2. The van der Waals surface area contributed by atoms with Gasteiger partial charge in [-0.15, -0.1) is 0 Å². The molecule has 2 aromatic rings. The summed E-state index contributed by atoms with van der Waals surface area (Å²) in [7, 11) is 1.07. The maximum Gasteiger partial charge on any atom is 0.420 e. The van der Waals surface area contributed by atoms with Crippen molar-refractivity contribution in [3.05, 3.63) is 43.6 Å². The minimum atomic E-state index is -4.77. The molecule has 0 saturated heterocycles. The number of nitrogens with zero attached hydrogens (tertiary/aromatic N) is 2. The molecule has 0 aliphatic heterocycles. The van der Waals surface area contributed by atoms with Gasteiger partial charge in [-0.3, -0.25) is 4.79 Å². The van der Waals surface area contributed by atoms with E-state index < -0.39 is 28.6 Å². The maximum absolute atomic E-state index is 13.3. The quantitative estimate of drug-likeness (QED) is 0.785. The second-order valence-electron chi connectivity index (χ2n) is 4.75. The Morgan fingerprint density at radius 1 is 1.24 bits per heavy atom. The largest absolute Gasteiger partial charge is 0.495 e. The highest BCUT2D eigenvalue weighted by molar-refractivity contribution is 9.10. The number of aromatic nitrogens is 1. The van der Waals surface area contributed by atoms with Crippen LogP contribution in [0.15, 0.2) is 21.4 Å². The molecule has 0 radical (unpaired) electrons. The van der Waals surface area contributed by atoms with Crippen molar-refractivity contribution in [1.82, 2.24) is 4.98 Å². The zero-order valence-corrected chi connectivity index (χ0v) is 14.0. The number of alkyl halides is 3. The van der Waals surface area contributed by atoms with Crippen molar-refractivity contribution in [3.8, 4) is 29.0 Å². The summed E-state index contributed by atoms with van der Waals surface area (Å²) in [5.74, 6) is -0.812. The molecule has 2 rings (SSSR count). The van der Waals surface area contributed by atoms with Gasteiger partial charge in [-0.05, 0) is 33.6 Å². The number of nitriles is 2. The summed E-state index contributed by atoms with van der Waals surface area (Å²) >= 11 is 2.97. The lowest BCUT2D eigenvalue weighted by molar-refractivity contribution is -0.138. The van der Waals surface area contributed by atoms with Crippen LogP contribution in [0.5, 0.6) is 5.75 Å². The molecular weight excluding hydrogens is 405 g/mol. The molecule has 10 heteroatoms. The molecule has 25 heavy (non-hydrogen) atoms. The molecule has 1 aromatic carbocycles. The number of aromatic amines is 1. The van der Waals surface area contributed by atoms with Crippen LogP contribution in [0.4, 0.5) is 19.0 Å². The van der Waals surface area contributed by atoms with Gasteiger partial charge < -0.3 is 15.5 Å². The SMILES string of the molecule is COc1c(Br)cc(-c2c(C#N)c(N)[nH]c(=O)c2C#N)cc1C(F)(F)F. The summed E-state index contributed by atoms with van der Waals surface area (Å²) in [6.45, 7) is 0. The van der Waals surface area contributed by atoms with E-state index in [4.69, 9.17) is 10.5 Å². The van der Waals surface area contributed by atoms with Crippen LogP contribution < -0.4 is 16.0 Å². The molecule has 1 heterocycles. The second-order valence-corrected chi connectivity index (χ2v) is 5.61. The molecule has 0 saturated carbocycles. The molecule has 1 aromatic heterocycles. The molecule has 0 aliphatic rings. The molecule has 0 unspecified atom stereocenters. The van der Waals surface area contributed by atoms with Gasteiger partial charge in [0.15, 0.2) is 0 Å². The van der Waals surface area contributed by atoms with E-state index in [1.54, 1.807) is 12.1 Å². The number of nitrogen functional groups attached to an aromatic ring is 1. The third-order valence-electron chi connectivity index (χ3n) is 3.31. The van der Waals surface area contributed by atoms with E-state index >= 15 is 0 Å². The number of methoxy groups -OCH3 is 1. The zero-order chi connectivity index (χ0) is 18.9. The van der Waals surface area contributed by atoms with E-state index in [1.807, 2.05) is 0 Å². The van der Waals surface area contributed by atoms with Crippen molar-refractivity contribution in [2.75, 3.05) is 12.8 Å². The van der Waals surface area contributed by atoms with Crippen molar-refractivity contribution in [3.63, 3.8) is 0 Å². The molecule has 0 spiro atoms. The Labute approximate surface area is 147 Å². The van der Waals surface area contributed by atoms with Gasteiger partial charge >= 0.3 is 6.18 Å². The zero-order valence-electron chi connectivity index (χ0n) is 12.5. The summed E-state index contributed by atoms with van der Waals surface area (Å²) < 4.78 is 44.6. The molecule has 3 N–H and O–H groups in total. The molecule has 0 atom stereocenters. The average Bonchev–Trinajstić information content (AvgIpc) is 2.52. The fourth-order valence-corrected chi connectivity index (χ4v) is 2.91. The number of pyridine rings is 1. The van der Waals surface area contributed by atoms with Gasteiger partial charge in [0.1, 0.15) is 34.8 Å². The number of nitrogens with one attached hydrogen (secondary N) is 1. The minimum absolute atomic E-state index is 0.0635. The van der Waals surface area contributed by atoms with Gasteiger partial charge in [0.05, 0.1) is 17.1 Å². The normalized spacial score (nSPS) is 10.8. The first-order valence-corrected chi connectivity index (χ1v) is 7.26. The van der Waals surface area contributed by atoms with Crippen LogP contribution in [-0.2, 0) is 6.18 Å². The molecule has 0 aliphatic carbocycles. The Balaban J connectivity index is 2.99. The van der Waals surface area contributed by atoms with E-state index in [2.05, 4.69) is 20.9 Å². The fourth-order valence-electron chi connectivity index (χ4n) is 2.29. The van der Waals surface area contributed by atoms with Gasteiger partial charge in [0.25, 0.3) is 5.56 Å². The Morgan fingerprint density at radius 3 is 2.32 bits per heavy atom. The van der Waals surface area contributed by atoms with Crippen molar-refractivity contribution in [2.45, 2.75) is 6.18 Å². The van der Waals surface area contributed by atoms with E-state index in [0.29, 0.717) is 6.07 Å². The topological polar surface area (TPSA) is 116 Å². The number of benzene rings is 1. The molecule has 6 nitrogen and oxygen atoms in total. The van der Waals surface area contributed by atoms with Gasteiger partial charge in [-0.1, -0.05) is 0 Å². The van der Waals surface area contributed by atoms with Crippen LogP contribution >= 0.6 is 15.9 Å². The lowest BCUT2D eigenvalue weighted by atomic mass is 9.95. The molecule has 0 amide bonds. The fraction of sp³-hybridized carbons (Fsp3) is 0.133. The van der Waals surface area contributed by atoms with Gasteiger partial charge in [-0.25, -0.2) is 0 Å². The van der Waals surface area contributed by atoms with Crippen molar-refractivity contribution >= 4 is 21.7 Å². The monoisotopic (exact) mass is 412 g/mol. The first-order chi connectivity index (χ1) is 11.6. The van der Waals surface area contributed by atoms with Crippen LogP contribution in [-0.4, -0.2) is 12.1 Å². The van der Waals surface area contributed by atoms with E-state index in [9.17, 15) is 28.5 Å². The molecule has 128 valence electrons. The molecule has 0 fully saturated rings. The first-order valence-electron chi connectivity index (χ1n) is 6.46. The highest BCUT2D eigenvalue weighted by Gasteiger charge is 2.36. The highest BCUT2D eigenvalue weighted by atomic mass is 79.9. The number of rotatable bonds is 2. The predicted molar refractivity (Wildman–Crippen MR) is 85.6 cm³/mol. The third-order valence-corrected chi connectivity index (χ3v) is 3.90. The lowest BCUT2D eigenvalue weighted by Gasteiger charge is -2.16. The van der Waals surface area contributed by atoms with Crippen molar-refractivity contribution in [1.29, 1.82) is 10.5 Å². The number of hydrogen-bond donors (Lipinski definition) is 2. The summed E-state index contributed by atoms with van der Waals surface area (Å²) in [6.07, 6.45) is -4.77. The second kappa shape index (κ2) is 6.49. The Bertz CT molecular complexity index is 1000. The van der Waals surface area contributed by atoms with Crippen LogP contribution in [0.25, 0.3) is 11.1 Å². The van der Waals surface area contributed by atoms with Gasteiger partial charge in [-0.2, -0.15) is 23.7 Å². The van der Waals surface area contributed by atoms with Crippen LogP contribution in [0.2, 0.25) is 0 Å². The third kappa shape index (κ3) is 3.16. The van der Waals surface area contributed by atoms with Gasteiger partial charge in [0, 0.05) is 5.56 Å². The van der Waals surface area contributed by atoms with Crippen molar-refractivity contribution < 1.29 is 17.9 Å². The number of halogens is 4. The van der Waals surface area contributed by atoms with Gasteiger partial charge in [0.2, 0.25) is 0 Å². The minimum Gasteiger partial charge on any atom is -0.495 e. The smallest absolute Gasteiger partial charge is 0.420 e. The average molecular weight is 413 g/mol. The number of hydrogen-bond acceptors (Lipinski definition) is 5. The van der Waals surface area contributed by atoms with Crippen LogP contribution in [0.3, 0.4) is 0 Å². The summed E-state index contributed by atoms with van der Waals surface area (Å²) in [5.41, 5.74) is 2.25. The summed E-state index contributed by atoms with van der Waals surface area (Å²) in [5, 5.41) is 18.4. The molecule has 0 bridgehead atoms. The van der Waals surface area contributed by atoms with Crippen LogP contribution in [0.1, 0.15) is 16.7 Å². The number of H-pyrrole nitrogens is 1. The lowest BCUT2D eigenvalue weighted by Crippen LogP contribution is -2.16. The van der Waals surface area contributed by atoms with E-state index in [0.717, 1.165) is 7.11 Å². The Hall–Kier alpha value is -2.98. The highest BCUT2D eigenvalue weighted by Crippen LogP contribution is 2.44. The van der Waals surface area contributed by atoms with Crippen molar-refractivity contribution in [2.24, 2.45) is 0 Å². The standard InChI is InChI=1S/C15H8BrF3N4O2/c1-25-12-9(15(17,18)19)2-6(3-10(12)16)11-7(4-20)13(22)23-14(24)8(11)5-21/h2-3H,1H3,(H3,22,23,24). The van der Waals surface area contributed by atoms with Crippen LogP contribution in [0, 0.1) is 22.7 Å². The predicted octanol–water partition coefficient (Wildman–Crippen LogP) is 3.16. The maximum atomic E-state index is 13.3.